The third-order valence-electron chi connectivity index (χ3n) is 1.76. The van der Waals surface area contributed by atoms with Crippen LogP contribution in [0.15, 0.2) is 6.33 Å². The van der Waals surface area contributed by atoms with Crippen molar-refractivity contribution < 1.29 is 9.47 Å². The Labute approximate surface area is 93.6 Å². The van der Waals surface area contributed by atoms with Crippen LogP contribution in [0.4, 0.5) is 0 Å². The van der Waals surface area contributed by atoms with Crippen LogP contribution in [0.2, 0.25) is 0 Å². The van der Waals surface area contributed by atoms with E-state index < -0.39 is 0 Å². The quantitative estimate of drug-likeness (QED) is 0.668. The van der Waals surface area contributed by atoms with Crippen molar-refractivity contribution in [2.24, 2.45) is 7.05 Å². The number of hydrogen-bond acceptors (Lipinski definition) is 5. The first-order chi connectivity index (χ1) is 7.79. The normalized spacial score (nSPS) is 9.19. The highest BCUT2D eigenvalue weighted by Gasteiger charge is 2.11. The Morgan fingerprint density at radius 2 is 1.88 bits per heavy atom. The van der Waals surface area contributed by atoms with Gasteiger partial charge in [0, 0.05) is 7.05 Å². The van der Waals surface area contributed by atoms with Crippen molar-refractivity contribution in [3.63, 3.8) is 0 Å². The van der Waals surface area contributed by atoms with E-state index in [2.05, 4.69) is 4.98 Å². The van der Waals surface area contributed by atoms with Gasteiger partial charge in [0.05, 0.1) is 25.0 Å². The Balaban J connectivity index is 2.56. The van der Waals surface area contributed by atoms with Crippen molar-refractivity contribution in [2.45, 2.75) is 12.8 Å². The molecule has 0 aliphatic carbocycles. The van der Waals surface area contributed by atoms with Crippen molar-refractivity contribution in [3.05, 3.63) is 6.33 Å². The first-order valence-corrected chi connectivity index (χ1v) is 4.80. The summed E-state index contributed by atoms with van der Waals surface area (Å²) in [5.74, 6) is 0.837. The summed E-state index contributed by atoms with van der Waals surface area (Å²) in [5, 5.41) is 16.8. The summed E-state index contributed by atoms with van der Waals surface area (Å²) < 4.78 is 12.3. The van der Waals surface area contributed by atoms with Gasteiger partial charge in [-0.2, -0.15) is 15.5 Å². The Kier molecular flexibility index (Phi) is 4.68. The first-order valence-electron chi connectivity index (χ1n) is 4.80. The molecule has 0 saturated carbocycles. The van der Waals surface area contributed by atoms with Crippen LogP contribution >= 0.6 is 0 Å². The molecule has 0 fully saturated rings. The zero-order valence-corrected chi connectivity index (χ0v) is 9.01. The molecule has 1 aromatic rings. The molecule has 6 heteroatoms. The zero-order chi connectivity index (χ0) is 11.8. The van der Waals surface area contributed by atoms with E-state index >= 15 is 0 Å². The SMILES string of the molecule is Cn1cnc(OCCC#N)c1OCCC#N. The number of ether oxygens (including phenoxy) is 2. The van der Waals surface area contributed by atoms with Gasteiger partial charge in [0.15, 0.2) is 0 Å². The first kappa shape index (κ1) is 11.9. The number of rotatable bonds is 6. The minimum Gasteiger partial charge on any atom is -0.474 e. The predicted molar refractivity (Wildman–Crippen MR) is 54.7 cm³/mol. The fourth-order valence-electron chi connectivity index (χ4n) is 1.05. The molecule has 0 amide bonds. The number of imidazole rings is 1. The van der Waals surface area contributed by atoms with E-state index in [1.807, 2.05) is 12.1 Å². The Morgan fingerprint density at radius 3 is 2.50 bits per heavy atom. The van der Waals surface area contributed by atoms with Crippen molar-refractivity contribution in [3.8, 4) is 23.9 Å². The van der Waals surface area contributed by atoms with Crippen LogP contribution in [0.25, 0.3) is 0 Å². The molecule has 16 heavy (non-hydrogen) atoms. The maximum Gasteiger partial charge on any atom is 0.277 e. The van der Waals surface area contributed by atoms with Crippen LogP contribution < -0.4 is 9.47 Å². The van der Waals surface area contributed by atoms with E-state index in [-0.39, 0.29) is 6.61 Å². The Morgan fingerprint density at radius 1 is 1.25 bits per heavy atom. The zero-order valence-electron chi connectivity index (χ0n) is 9.01. The molecular weight excluding hydrogens is 208 g/mol. The second kappa shape index (κ2) is 6.31. The summed E-state index contributed by atoms with van der Waals surface area (Å²) in [4.78, 5) is 3.99. The molecule has 1 heterocycles. The second-order valence-electron chi connectivity index (χ2n) is 2.98. The van der Waals surface area contributed by atoms with Gasteiger partial charge in [0.2, 0.25) is 0 Å². The standard InChI is InChI=1S/C10H12N4O2/c1-14-8-13-9(15-6-2-4-11)10(14)16-7-3-5-12/h8H,2-3,6-7H2,1H3. The maximum absolute atomic E-state index is 8.39. The van der Waals surface area contributed by atoms with E-state index in [1.165, 1.54) is 0 Å². The van der Waals surface area contributed by atoms with E-state index in [9.17, 15) is 0 Å². The predicted octanol–water partition coefficient (Wildman–Crippen LogP) is 1.01. The number of nitrogens with zero attached hydrogens (tertiary/aromatic N) is 4. The molecule has 84 valence electrons. The molecule has 0 saturated heterocycles. The molecule has 0 radical (unpaired) electrons. The number of aromatic nitrogens is 2. The largest absolute Gasteiger partial charge is 0.474 e. The molecule has 6 nitrogen and oxygen atoms in total. The summed E-state index contributed by atoms with van der Waals surface area (Å²) in [5.41, 5.74) is 0. The number of nitriles is 2. The van der Waals surface area contributed by atoms with Gasteiger partial charge < -0.3 is 14.0 Å². The van der Waals surface area contributed by atoms with Crippen molar-refractivity contribution in [1.29, 1.82) is 10.5 Å². The average molecular weight is 220 g/mol. The lowest BCUT2D eigenvalue weighted by Crippen LogP contribution is -2.03. The van der Waals surface area contributed by atoms with Crippen LogP contribution in [-0.2, 0) is 7.05 Å². The fourth-order valence-corrected chi connectivity index (χ4v) is 1.05. The summed E-state index contributed by atoms with van der Waals surface area (Å²) in [6.45, 7) is 0.576. The Bertz CT molecular complexity index is 413. The van der Waals surface area contributed by atoms with Gasteiger partial charge >= 0.3 is 0 Å². The molecule has 0 spiro atoms. The van der Waals surface area contributed by atoms with Crippen LogP contribution in [0.5, 0.6) is 11.8 Å². The lowest BCUT2D eigenvalue weighted by atomic mass is 10.5. The van der Waals surface area contributed by atoms with Gasteiger partial charge in [0.1, 0.15) is 19.5 Å². The highest BCUT2D eigenvalue weighted by atomic mass is 16.5. The minimum absolute atomic E-state index is 0.280. The molecule has 0 atom stereocenters. The van der Waals surface area contributed by atoms with Crippen molar-refractivity contribution >= 4 is 0 Å². The van der Waals surface area contributed by atoms with Gasteiger partial charge in [-0.1, -0.05) is 0 Å². The maximum atomic E-state index is 8.39. The highest BCUT2D eigenvalue weighted by Crippen LogP contribution is 2.24. The van der Waals surface area contributed by atoms with E-state index in [4.69, 9.17) is 20.0 Å². The summed E-state index contributed by atoms with van der Waals surface area (Å²) in [6.07, 6.45) is 2.17. The molecule has 0 aliphatic heterocycles. The average Bonchev–Trinajstić information content (AvgIpc) is 2.62. The van der Waals surface area contributed by atoms with E-state index in [0.717, 1.165) is 0 Å². The second-order valence-corrected chi connectivity index (χ2v) is 2.98. The summed E-state index contributed by atoms with van der Waals surface area (Å²) in [7, 11) is 1.77. The van der Waals surface area contributed by atoms with Gasteiger partial charge in [-0.3, -0.25) is 0 Å². The van der Waals surface area contributed by atoms with E-state index in [1.54, 1.807) is 17.9 Å². The molecule has 0 bridgehead atoms. The number of hydrogen-bond donors (Lipinski definition) is 0. The molecule has 1 aromatic heterocycles. The van der Waals surface area contributed by atoms with Gasteiger partial charge in [0.25, 0.3) is 11.8 Å². The van der Waals surface area contributed by atoms with Crippen LogP contribution in [0, 0.1) is 22.7 Å². The number of aryl methyl sites for hydroxylation is 1. The Hall–Kier alpha value is -2.21. The van der Waals surface area contributed by atoms with Gasteiger partial charge in [-0.05, 0) is 0 Å². The smallest absolute Gasteiger partial charge is 0.277 e. The monoisotopic (exact) mass is 220 g/mol. The van der Waals surface area contributed by atoms with E-state index in [0.29, 0.717) is 31.2 Å². The lowest BCUT2D eigenvalue weighted by molar-refractivity contribution is 0.258. The molecule has 0 aromatic carbocycles. The van der Waals surface area contributed by atoms with Crippen LogP contribution in [-0.4, -0.2) is 22.8 Å². The molecule has 0 aliphatic rings. The van der Waals surface area contributed by atoms with Crippen molar-refractivity contribution in [2.75, 3.05) is 13.2 Å². The molecule has 1 rings (SSSR count). The molecule has 0 unspecified atom stereocenters. The highest BCUT2D eigenvalue weighted by molar-refractivity contribution is 5.26. The van der Waals surface area contributed by atoms with Crippen molar-refractivity contribution in [1.82, 2.24) is 9.55 Å². The fraction of sp³-hybridized carbons (Fsp3) is 0.500. The topological polar surface area (TPSA) is 83.9 Å². The summed E-state index contributed by atoms with van der Waals surface area (Å²) in [6, 6.07) is 3.96. The van der Waals surface area contributed by atoms with Gasteiger partial charge in [-0.25, -0.2) is 0 Å². The summed E-state index contributed by atoms with van der Waals surface area (Å²) >= 11 is 0. The third-order valence-corrected chi connectivity index (χ3v) is 1.76. The molecule has 0 N–H and O–H groups in total. The van der Waals surface area contributed by atoms with Crippen LogP contribution in [0.1, 0.15) is 12.8 Å². The van der Waals surface area contributed by atoms with Crippen LogP contribution in [0.3, 0.4) is 0 Å². The lowest BCUT2D eigenvalue weighted by Gasteiger charge is -2.07. The molecular formula is C10H12N4O2. The van der Waals surface area contributed by atoms with Gasteiger partial charge in [-0.15, -0.1) is 0 Å². The minimum atomic E-state index is 0.280. The third kappa shape index (κ3) is 3.18.